The molecule has 16 heavy (non-hydrogen) atoms. The summed E-state index contributed by atoms with van der Waals surface area (Å²) in [5.41, 5.74) is 6.33. The molecule has 0 saturated carbocycles. The van der Waals surface area contributed by atoms with Crippen molar-refractivity contribution < 1.29 is 9.53 Å². The van der Waals surface area contributed by atoms with Gasteiger partial charge in [-0.25, -0.2) is 4.79 Å². The van der Waals surface area contributed by atoms with Crippen LogP contribution >= 0.6 is 0 Å². The van der Waals surface area contributed by atoms with E-state index < -0.39 is 11.7 Å². The molecule has 1 aromatic rings. The van der Waals surface area contributed by atoms with Crippen LogP contribution in [0.2, 0.25) is 0 Å². The van der Waals surface area contributed by atoms with Gasteiger partial charge in [0.25, 0.3) is 0 Å². The number of nitrogens with two attached hydrogens (primary N) is 1. The topological polar surface area (TPSA) is 80.1 Å². The van der Waals surface area contributed by atoms with Gasteiger partial charge in [-0.1, -0.05) is 0 Å². The maximum atomic E-state index is 11.3. The van der Waals surface area contributed by atoms with E-state index in [1.54, 1.807) is 12.4 Å². The van der Waals surface area contributed by atoms with Crippen LogP contribution in [-0.2, 0) is 4.74 Å². The Bertz CT molecular complexity index is 327. The Hall–Kier alpha value is -1.49. The van der Waals surface area contributed by atoms with Crippen LogP contribution < -0.4 is 11.1 Å². The highest BCUT2D eigenvalue weighted by atomic mass is 16.6. The molecular formula is C11H19N3O2. The van der Waals surface area contributed by atoms with Gasteiger partial charge in [0.1, 0.15) is 5.60 Å². The van der Waals surface area contributed by atoms with E-state index in [0.29, 0.717) is 6.54 Å². The van der Waals surface area contributed by atoms with Gasteiger partial charge in [-0.15, -0.1) is 0 Å². The number of rotatable bonds is 3. The largest absolute Gasteiger partial charge is 0.444 e. The van der Waals surface area contributed by atoms with E-state index in [1.807, 2.05) is 26.8 Å². The van der Waals surface area contributed by atoms with E-state index in [9.17, 15) is 4.79 Å². The third-order valence-electron chi connectivity index (χ3n) is 1.92. The summed E-state index contributed by atoms with van der Waals surface area (Å²) in [5, 5.41) is 2.63. The first-order chi connectivity index (χ1) is 7.38. The lowest BCUT2D eigenvalue weighted by Gasteiger charge is -2.20. The van der Waals surface area contributed by atoms with Crippen molar-refractivity contribution in [2.24, 2.45) is 5.73 Å². The Labute approximate surface area is 95.4 Å². The van der Waals surface area contributed by atoms with Gasteiger partial charge in [-0.3, -0.25) is 0 Å². The minimum Gasteiger partial charge on any atom is -0.444 e. The van der Waals surface area contributed by atoms with Crippen LogP contribution in [0.1, 0.15) is 32.4 Å². The first kappa shape index (κ1) is 12.6. The molecule has 4 N–H and O–H groups in total. The molecular weight excluding hydrogens is 206 g/mol. The molecule has 0 aromatic carbocycles. The van der Waals surface area contributed by atoms with E-state index in [2.05, 4.69) is 10.3 Å². The summed E-state index contributed by atoms with van der Waals surface area (Å²) < 4.78 is 5.09. The number of H-pyrrole nitrogens is 1. The predicted octanol–water partition coefficient (Wildman–Crippen LogP) is 1.54. The number of hydrogen-bond donors (Lipinski definition) is 3. The highest BCUT2D eigenvalue weighted by molar-refractivity contribution is 5.67. The molecule has 90 valence electrons. The number of aromatic nitrogens is 1. The Morgan fingerprint density at radius 1 is 1.62 bits per heavy atom. The number of aromatic amines is 1. The van der Waals surface area contributed by atoms with Crippen molar-refractivity contribution >= 4 is 6.09 Å². The van der Waals surface area contributed by atoms with Crippen molar-refractivity contribution in [3.05, 3.63) is 24.0 Å². The molecule has 0 unspecified atom stereocenters. The van der Waals surface area contributed by atoms with E-state index in [1.165, 1.54) is 0 Å². The maximum Gasteiger partial charge on any atom is 0.407 e. The zero-order chi connectivity index (χ0) is 12.2. The Morgan fingerprint density at radius 2 is 2.31 bits per heavy atom. The van der Waals surface area contributed by atoms with Gasteiger partial charge in [0.05, 0.1) is 0 Å². The monoisotopic (exact) mass is 225 g/mol. The summed E-state index contributed by atoms with van der Waals surface area (Å²) >= 11 is 0. The number of nitrogens with one attached hydrogen (secondary N) is 2. The SMILES string of the molecule is CC(C)(C)OC(=O)NC[C@H](N)c1cc[nH]c1. The van der Waals surface area contributed by atoms with Gasteiger partial charge < -0.3 is 20.8 Å². The standard InChI is InChI=1S/C11H19N3O2/c1-11(2,3)16-10(15)14-7-9(12)8-4-5-13-6-8/h4-6,9,13H,7,12H2,1-3H3,(H,14,15)/t9-/m0/s1. The summed E-state index contributed by atoms with van der Waals surface area (Å²) in [5.74, 6) is 0. The molecule has 0 spiro atoms. The van der Waals surface area contributed by atoms with Gasteiger partial charge in [0.2, 0.25) is 0 Å². The molecule has 5 nitrogen and oxygen atoms in total. The van der Waals surface area contributed by atoms with Crippen LogP contribution in [0.25, 0.3) is 0 Å². The Morgan fingerprint density at radius 3 is 2.81 bits per heavy atom. The molecule has 1 rings (SSSR count). The molecule has 0 aliphatic carbocycles. The zero-order valence-corrected chi connectivity index (χ0v) is 9.91. The van der Waals surface area contributed by atoms with Crippen LogP contribution in [0, 0.1) is 0 Å². The molecule has 0 bridgehead atoms. The number of carbonyl (C=O) groups is 1. The molecule has 0 saturated heterocycles. The van der Waals surface area contributed by atoms with Crippen molar-refractivity contribution in [1.82, 2.24) is 10.3 Å². The molecule has 1 amide bonds. The summed E-state index contributed by atoms with van der Waals surface area (Å²) in [4.78, 5) is 14.2. The summed E-state index contributed by atoms with van der Waals surface area (Å²) in [6, 6.07) is 1.65. The van der Waals surface area contributed by atoms with Crippen molar-refractivity contribution in [2.45, 2.75) is 32.4 Å². The number of amides is 1. The number of hydrogen-bond acceptors (Lipinski definition) is 3. The third-order valence-corrected chi connectivity index (χ3v) is 1.92. The molecule has 0 fully saturated rings. The van der Waals surface area contributed by atoms with Crippen LogP contribution in [0.15, 0.2) is 18.5 Å². The molecule has 0 aliphatic rings. The summed E-state index contributed by atoms with van der Waals surface area (Å²) in [6.07, 6.45) is 3.16. The second kappa shape index (κ2) is 5.03. The molecule has 0 aliphatic heterocycles. The molecule has 0 radical (unpaired) electrons. The molecule has 1 aromatic heterocycles. The van der Waals surface area contributed by atoms with Crippen molar-refractivity contribution in [3.63, 3.8) is 0 Å². The lowest BCUT2D eigenvalue weighted by Crippen LogP contribution is -2.36. The van der Waals surface area contributed by atoms with Crippen LogP contribution in [0.3, 0.4) is 0 Å². The van der Waals surface area contributed by atoms with Crippen LogP contribution in [0.5, 0.6) is 0 Å². The van der Waals surface area contributed by atoms with Crippen LogP contribution in [0.4, 0.5) is 4.79 Å². The van der Waals surface area contributed by atoms with Crippen molar-refractivity contribution in [3.8, 4) is 0 Å². The zero-order valence-electron chi connectivity index (χ0n) is 9.91. The maximum absolute atomic E-state index is 11.3. The van der Waals surface area contributed by atoms with Gasteiger partial charge >= 0.3 is 6.09 Å². The highest BCUT2D eigenvalue weighted by Crippen LogP contribution is 2.09. The average Bonchev–Trinajstić information content (AvgIpc) is 2.64. The number of ether oxygens (including phenoxy) is 1. The van der Waals surface area contributed by atoms with E-state index in [0.717, 1.165) is 5.56 Å². The lowest BCUT2D eigenvalue weighted by molar-refractivity contribution is 0.0524. The third kappa shape index (κ3) is 4.35. The quantitative estimate of drug-likeness (QED) is 0.730. The second-order valence-electron chi connectivity index (χ2n) is 4.63. The highest BCUT2D eigenvalue weighted by Gasteiger charge is 2.16. The van der Waals surface area contributed by atoms with Gasteiger partial charge in [0.15, 0.2) is 0 Å². The molecule has 1 heterocycles. The van der Waals surface area contributed by atoms with Crippen molar-refractivity contribution in [1.29, 1.82) is 0 Å². The minimum atomic E-state index is -0.484. The predicted molar refractivity (Wildman–Crippen MR) is 62.0 cm³/mol. The summed E-state index contributed by atoms with van der Waals surface area (Å²) in [6.45, 7) is 5.81. The Kier molecular flexibility index (Phi) is 3.95. The average molecular weight is 225 g/mol. The van der Waals surface area contributed by atoms with Gasteiger partial charge in [-0.05, 0) is 32.4 Å². The smallest absolute Gasteiger partial charge is 0.407 e. The van der Waals surface area contributed by atoms with E-state index in [4.69, 9.17) is 10.5 Å². The van der Waals surface area contributed by atoms with Gasteiger partial charge in [0, 0.05) is 25.0 Å². The minimum absolute atomic E-state index is 0.223. The summed E-state index contributed by atoms with van der Waals surface area (Å²) in [7, 11) is 0. The van der Waals surface area contributed by atoms with E-state index in [-0.39, 0.29) is 6.04 Å². The number of alkyl carbamates (subject to hydrolysis) is 1. The fourth-order valence-electron chi connectivity index (χ4n) is 1.19. The fraction of sp³-hybridized carbons (Fsp3) is 0.545. The first-order valence-electron chi connectivity index (χ1n) is 5.23. The van der Waals surface area contributed by atoms with Gasteiger partial charge in [-0.2, -0.15) is 0 Å². The van der Waals surface area contributed by atoms with E-state index >= 15 is 0 Å². The normalized spacial score (nSPS) is 13.2. The molecule has 1 atom stereocenters. The van der Waals surface area contributed by atoms with Crippen LogP contribution in [-0.4, -0.2) is 23.2 Å². The second-order valence-corrected chi connectivity index (χ2v) is 4.63. The number of carbonyl (C=O) groups excluding carboxylic acids is 1. The Balaban J connectivity index is 2.32. The van der Waals surface area contributed by atoms with Crippen molar-refractivity contribution in [2.75, 3.05) is 6.54 Å². The fourth-order valence-corrected chi connectivity index (χ4v) is 1.19. The lowest BCUT2D eigenvalue weighted by atomic mass is 10.2. The molecule has 5 heteroatoms. The first-order valence-corrected chi connectivity index (χ1v) is 5.23.